The zero-order valence-corrected chi connectivity index (χ0v) is 13.7. The van der Waals surface area contributed by atoms with Gasteiger partial charge in [-0.15, -0.1) is 0 Å². The standard InChI is InChI=1S/C17H20ClN3O/c1-12-10-19-13(2)17(20-12)22-16-6-5-14(9-15(16)18)11-21-7-3-4-8-21/h5-6,9-10H,3-4,7-8,11H2,1-2H3. The predicted octanol–water partition coefficient (Wildman–Crippen LogP) is 4.13. The number of aryl methyl sites for hydroxylation is 2. The Labute approximate surface area is 136 Å². The average Bonchev–Trinajstić information content (AvgIpc) is 2.98. The van der Waals surface area contributed by atoms with Crippen molar-refractivity contribution in [1.82, 2.24) is 14.9 Å². The molecule has 1 fully saturated rings. The van der Waals surface area contributed by atoms with E-state index in [9.17, 15) is 0 Å². The average molecular weight is 318 g/mol. The van der Waals surface area contributed by atoms with Crippen LogP contribution in [-0.4, -0.2) is 28.0 Å². The summed E-state index contributed by atoms with van der Waals surface area (Å²) < 4.78 is 5.83. The molecule has 22 heavy (non-hydrogen) atoms. The van der Waals surface area contributed by atoms with Gasteiger partial charge in [0.15, 0.2) is 0 Å². The summed E-state index contributed by atoms with van der Waals surface area (Å²) in [7, 11) is 0. The first kappa shape index (κ1) is 15.3. The zero-order valence-electron chi connectivity index (χ0n) is 13.0. The number of ether oxygens (including phenoxy) is 1. The van der Waals surface area contributed by atoms with Gasteiger partial charge in [-0.1, -0.05) is 17.7 Å². The molecule has 0 spiro atoms. The van der Waals surface area contributed by atoms with Crippen molar-refractivity contribution in [2.75, 3.05) is 13.1 Å². The van der Waals surface area contributed by atoms with Crippen molar-refractivity contribution in [3.63, 3.8) is 0 Å². The topological polar surface area (TPSA) is 38.2 Å². The molecule has 4 nitrogen and oxygen atoms in total. The molecule has 1 aromatic heterocycles. The molecule has 0 saturated carbocycles. The van der Waals surface area contributed by atoms with Crippen molar-refractivity contribution >= 4 is 11.6 Å². The van der Waals surface area contributed by atoms with Gasteiger partial charge in [-0.25, -0.2) is 4.98 Å². The molecule has 1 saturated heterocycles. The van der Waals surface area contributed by atoms with Gasteiger partial charge >= 0.3 is 0 Å². The van der Waals surface area contributed by atoms with Crippen LogP contribution in [0.4, 0.5) is 0 Å². The Kier molecular flexibility index (Phi) is 4.60. The quantitative estimate of drug-likeness (QED) is 0.849. The monoisotopic (exact) mass is 317 g/mol. The molecule has 0 radical (unpaired) electrons. The number of rotatable bonds is 4. The summed E-state index contributed by atoms with van der Waals surface area (Å²) in [6.45, 7) is 7.06. The first-order valence-corrected chi connectivity index (χ1v) is 7.98. The van der Waals surface area contributed by atoms with Gasteiger partial charge in [0, 0.05) is 12.7 Å². The summed E-state index contributed by atoms with van der Waals surface area (Å²) in [5.74, 6) is 1.13. The molecule has 2 heterocycles. The molecule has 3 rings (SSSR count). The Morgan fingerprint density at radius 3 is 2.73 bits per heavy atom. The van der Waals surface area contributed by atoms with E-state index >= 15 is 0 Å². The molecule has 0 N–H and O–H groups in total. The van der Waals surface area contributed by atoms with E-state index in [0.29, 0.717) is 16.7 Å². The summed E-state index contributed by atoms with van der Waals surface area (Å²) >= 11 is 6.37. The Morgan fingerprint density at radius 2 is 2.00 bits per heavy atom. The van der Waals surface area contributed by atoms with Crippen LogP contribution in [0, 0.1) is 13.8 Å². The van der Waals surface area contributed by atoms with E-state index in [1.807, 2.05) is 26.0 Å². The van der Waals surface area contributed by atoms with E-state index in [1.54, 1.807) is 6.20 Å². The Bertz CT molecular complexity index is 669. The molecule has 5 heteroatoms. The molecule has 0 amide bonds. The minimum absolute atomic E-state index is 0.509. The maximum absolute atomic E-state index is 6.37. The lowest BCUT2D eigenvalue weighted by molar-refractivity contribution is 0.331. The second-order valence-electron chi connectivity index (χ2n) is 5.75. The molecular formula is C17H20ClN3O. The molecule has 1 aliphatic rings. The van der Waals surface area contributed by atoms with Crippen molar-refractivity contribution in [3.05, 3.63) is 46.4 Å². The second kappa shape index (κ2) is 6.63. The number of likely N-dealkylation sites (tertiary alicyclic amines) is 1. The molecule has 1 aliphatic heterocycles. The highest BCUT2D eigenvalue weighted by Gasteiger charge is 2.13. The number of aromatic nitrogens is 2. The fourth-order valence-corrected chi connectivity index (χ4v) is 2.88. The summed E-state index contributed by atoms with van der Waals surface area (Å²) in [4.78, 5) is 11.1. The minimum atomic E-state index is 0.509. The molecule has 0 aliphatic carbocycles. The zero-order chi connectivity index (χ0) is 15.5. The van der Waals surface area contributed by atoms with Gasteiger partial charge in [-0.3, -0.25) is 9.88 Å². The van der Waals surface area contributed by atoms with Crippen LogP contribution in [0.2, 0.25) is 5.02 Å². The van der Waals surface area contributed by atoms with Gasteiger partial charge in [0.2, 0.25) is 5.88 Å². The van der Waals surface area contributed by atoms with Crippen molar-refractivity contribution in [1.29, 1.82) is 0 Å². The number of hydrogen-bond acceptors (Lipinski definition) is 4. The lowest BCUT2D eigenvalue weighted by Gasteiger charge is -2.15. The maximum atomic E-state index is 6.37. The summed E-state index contributed by atoms with van der Waals surface area (Å²) in [5.41, 5.74) is 2.79. The Hall–Kier alpha value is -1.65. The molecule has 1 aromatic carbocycles. The SMILES string of the molecule is Cc1cnc(C)c(Oc2ccc(CN3CCCC3)cc2Cl)n1. The van der Waals surface area contributed by atoms with Crippen LogP contribution in [0.15, 0.2) is 24.4 Å². The van der Waals surface area contributed by atoms with Gasteiger partial charge in [0.1, 0.15) is 5.75 Å². The van der Waals surface area contributed by atoms with Gasteiger partial charge in [0.05, 0.1) is 16.4 Å². The lowest BCUT2D eigenvalue weighted by atomic mass is 10.2. The molecular weight excluding hydrogens is 298 g/mol. The predicted molar refractivity (Wildman–Crippen MR) is 87.5 cm³/mol. The van der Waals surface area contributed by atoms with E-state index in [2.05, 4.69) is 20.9 Å². The van der Waals surface area contributed by atoms with Crippen molar-refractivity contribution in [3.8, 4) is 11.6 Å². The highest BCUT2D eigenvalue weighted by Crippen LogP contribution is 2.31. The molecule has 0 atom stereocenters. The summed E-state index contributed by atoms with van der Waals surface area (Å²) in [6.07, 6.45) is 4.31. The van der Waals surface area contributed by atoms with E-state index in [0.717, 1.165) is 17.9 Å². The van der Waals surface area contributed by atoms with Gasteiger partial charge < -0.3 is 4.74 Å². The van der Waals surface area contributed by atoms with Crippen molar-refractivity contribution < 1.29 is 4.74 Å². The number of halogens is 1. The molecule has 0 bridgehead atoms. The van der Waals surface area contributed by atoms with Crippen LogP contribution < -0.4 is 4.74 Å². The first-order valence-electron chi connectivity index (χ1n) is 7.61. The smallest absolute Gasteiger partial charge is 0.241 e. The van der Waals surface area contributed by atoms with E-state index in [1.165, 1.54) is 31.5 Å². The van der Waals surface area contributed by atoms with Gasteiger partial charge in [0.25, 0.3) is 0 Å². The van der Waals surface area contributed by atoms with Gasteiger partial charge in [-0.2, -0.15) is 0 Å². The first-order chi connectivity index (χ1) is 10.6. The third-order valence-electron chi connectivity index (χ3n) is 3.84. The molecule has 116 valence electrons. The van der Waals surface area contributed by atoms with E-state index in [-0.39, 0.29) is 0 Å². The fourth-order valence-electron chi connectivity index (χ4n) is 2.64. The molecule has 2 aromatic rings. The fraction of sp³-hybridized carbons (Fsp3) is 0.412. The molecule has 0 unspecified atom stereocenters. The summed E-state index contributed by atoms with van der Waals surface area (Å²) in [6, 6.07) is 5.96. The normalized spacial score (nSPS) is 15.2. The van der Waals surface area contributed by atoms with Crippen LogP contribution >= 0.6 is 11.6 Å². The third-order valence-corrected chi connectivity index (χ3v) is 4.14. The number of nitrogens with zero attached hydrogens (tertiary/aromatic N) is 3. The highest BCUT2D eigenvalue weighted by molar-refractivity contribution is 6.32. The summed E-state index contributed by atoms with van der Waals surface area (Å²) in [5, 5.41) is 0.611. The Morgan fingerprint density at radius 1 is 1.23 bits per heavy atom. The minimum Gasteiger partial charge on any atom is -0.436 e. The number of benzene rings is 1. The van der Waals surface area contributed by atoms with Crippen LogP contribution in [0.1, 0.15) is 29.8 Å². The number of hydrogen-bond donors (Lipinski definition) is 0. The van der Waals surface area contributed by atoms with Crippen molar-refractivity contribution in [2.24, 2.45) is 0 Å². The van der Waals surface area contributed by atoms with Crippen LogP contribution in [0.5, 0.6) is 11.6 Å². The third kappa shape index (κ3) is 3.57. The van der Waals surface area contributed by atoms with Crippen LogP contribution in [0.25, 0.3) is 0 Å². The van der Waals surface area contributed by atoms with Crippen LogP contribution in [-0.2, 0) is 6.54 Å². The maximum Gasteiger partial charge on any atom is 0.241 e. The van der Waals surface area contributed by atoms with E-state index < -0.39 is 0 Å². The van der Waals surface area contributed by atoms with Crippen molar-refractivity contribution in [2.45, 2.75) is 33.2 Å². The highest BCUT2D eigenvalue weighted by atomic mass is 35.5. The Balaban J connectivity index is 1.75. The largest absolute Gasteiger partial charge is 0.436 e. The van der Waals surface area contributed by atoms with Crippen LogP contribution in [0.3, 0.4) is 0 Å². The second-order valence-corrected chi connectivity index (χ2v) is 6.16. The van der Waals surface area contributed by atoms with E-state index in [4.69, 9.17) is 16.3 Å². The lowest BCUT2D eigenvalue weighted by Crippen LogP contribution is -2.18. The van der Waals surface area contributed by atoms with Gasteiger partial charge in [-0.05, 0) is 57.5 Å².